The molecule has 6 heteroatoms. The molecule has 1 amide bonds. The van der Waals surface area contributed by atoms with Crippen LogP contribution in [-0.4, -0.2) is 28.0 Å². The number of aryl methyl sites for hydroxylation is 2. The number of nitrogens with zero attached hydrogens (tertiary/aromatic N) is 3. The molecule has 0 saturated heterocycles. The normalized spacial score (nSPS) is 19.1. The van der Waals surface area contributed by atoms with Gasteiger partial charge in [0, 0.05) is 24.9 Å². The number of aromatic nitrogens is 2. The molecule has 0 radical (unpaired) electrons. The van der Waals surface area contributed by atoms with Gasteiger partial charge in [0.05, 0.1) is 0 Å². The molecule has 0 spiro atoms. The van der Waals surface area contributed by atoms with E-state index in [2.05, 4.69) is 40.4 Å². The van der Waals surface area contributed by atoms with E-state index < -0.39 is 0 Å². The summed E-state index contributed by atoms with van der Waals surface area (Å²) in [5.41, 5.74) is 2.62. The zero-order valence-corrected chi connectivity index (χ0v) is 15.5. The highest BCUT2D eigenvalue weighted by Gasteiger charge is 2.24. The number of carbonyl (C=O) groups is 1. The van der Waals surface area contributed by atoms with Crippen molar-refractivity contribution in [1.82, 2.24) is 15.3 Å². The molecular weight excluding hydrogens is 340 g/mol. The molecule has 1 saturated carbocycles. The Morgan fingerprint density at radius 2 is 2.04 bits per heavy atom. The van der Waals surface area contributed by atoms with Crippen LogP contribution in [0.4, 0.5) is 0 Å². The van der Waals surface area contributed by atoms with Gasteiger partial charge in [-0.2, -0.15) is 5.26 Å². The smallest absolute Gasteiger partial charge is 0.251 e. The summed E-state index contributed by atoms with van der Waals surface area (Å²) in [5, 5.41) is 12.2. The van der Waals surface area contributed by atoms with Crippen molar-refractivity contribution in [2.45, 2.75) is 57.6 Å². The first-order chi connectivity index (χ1) is 13.1. The van der Waals surface area contributed by atoms with E-state index in [9.17, 15) is 4.79 Å². The van der Waals surface area contributed by atoms with Crippen LogP contribution < -0.4 is 10.1 Å². The van der Waals surface area contributed by atoms with E-state index in [0.29, 0.717) is 12.3 Å². The van der Waals surface area contributed by atoms with Crippen molar-refractivity contribution in [3.63, 3.8) is 0 Å². The number of hydrogen-bond acceptors (Lipinski definition) is 5. The van der Waals surface area contributed by atoms with Crippen LogP contribution in [0.1, 0.15) is 48.9 Å². The number of nitrogens with one attached hydrogen (secondary N) is 1. The maximum Gasteiger partial charge on any atom is 0.251 e. The molecule has 0 bridgehead atoms. The predicted octanol–water partition coefficient (Wildman–Crippen LogP) is 3.10. The second kappa shape index (κ2) is 9.13. The second-order valence-corrected chi connectivity index (χ2v) is 6.97. The van der Waals surface area contributed by atoms with Crippen molar-refractivity contribution in [2.75, 3.05) is 0 Å². The molecule has 1 fully saturated rings. The number of amides is 1. The Bertz CT molecular complexity index is 823. The summed E-state index contributed by atoms with van der Waals surface area (Å²) in [6.07, 6.45) is 7.65. The van der Waals surface area contributed by atoms with E-state index in [1.807, 2.05) is 12.1 Å². The standard InChI is InChI=1S/C21H24N4O2/c1-15-3-2-4-16(13-15)5-10-20(26)25-17-6-8-18(9-7-17)27-21-19(14-22)23-11-12-24-21/h2-4,11-13,17-18H,5-10H2,1H3,(H,25,26). The summed E-state index contributed by atoms with van der Waals surface area (Å²) in [5.74, 6) is 0.396. The number of rotatable bonds is 6. The molecule has 1 N–H and O–H groups in total. The maximum atomic E-state index is 12.2. The van der Waals surface area contributed by atoms with Crippen LogP contribution in [0.25, 0.3) is 0 Å². The largest absolute Gasteiger partial charge is 0.472 e. The molecule has 2 aromatic rings. The van der Waals surface area contributed by atoms with Gasteiger partial charge >= 0.3 is 0 Å². The van der Waals surface area contributed by atoms with E-state index in [4.69, 9.17) is 10.00 Å². The minimum absolute atomic E-state index is 0.00856. The number of carbonyl (C=O) groups excluding carboxylic acids is 1. The topological polar surface area (TPSA) is 87.9 Å². The Balaban J connectivity index is 1.41. The lowest BCUT2D eigenvalue weighted by Crippen LogP contribution is -2.39. The highest BCUT2D eigenvalue weighted by Crippen LogP contribution is 2.24. The molecule has 6 nitrogen and oxygen atoms in total. The summed E-state index contributed by atoms with van der Waals surface area (Å²) in [4.78, 5) is 20.3. The Morgan fingerprint density at radius 3 is 2.78 bits per heavy atom. The van der Waals surface area contributed by atoms with Gasteiger partial charge in [-0.15, -0.1) is 0 Å². The minimum Gasteiger partial charge on any atom is -0.472 e. The molecular formula is C21H24N4O2. The SMILES string of the molecule is Cc1cccc(CCC(=O)NC2CCC(Oc3nccnc3C#N)CC2)c1. The zero-order chi connectivity index (χ0) is 19.1. The van der Waals surface area contributed by atoms with Crippen LogP contribution in [0, 0.1) is 18.3 Å². The molecule has 27 heavy (non-hydrogen) atoms. The van der Waals surface area contributed by atoms with Gasteiger partial charge in [-0.3, -0.25) is 4.79 Å². The van der Waals surface area contributed by atoms with Gasteiger partial charge in [0.1, 0.15) is 12.2 Å². The summed E-state index contributed by atoms with van der Waals surface area (Å²) in [6.45, 7) is 2.06. The van der Waals surface area contributed by atoms with Crippen molar-refractivity contribution >= 4 is 5.91 Å². The molecule has 1 aliphatic rings. The van der Waals surface area contributed by atoms with Crippen molar-refractivity contribution in [2.24, 2.45) is 0 Å². The van der Waals surface area contributed by atoms with Gasteiger partial charge in [0.2, 0.25) is 11.6 Å². The first-order valence-corrected chi connectivity index (χ1v) is 9.36. The van der Waals surface area contributed by atoms with E-state index >= 15 is 0 Å². The molecule has 1 aromatic carbocycles. The molecule has 3 rings (SSSR count). The van der Waals surface area contributed by atoms with Gasteiger partial charge in [0.25, 0.3) is 5.88 Å². The zero-order valence-electron chi connectivity index (χ0n) is 15.5. The second-order valence-electron chi connectivity index (χ2n) is 6.97. The monoisotopic (exact) mass is 364 g/mol. The Morgan fingerprint density at radius 1 is 1.26 bits per heavy atom. The maximum absolute atomic E-state index is 12.2. The van der Waals surface area contributed by atoms with Crippen LogP contribution in [0.2, 0.25) is 0 Å². The predicted molar refractivity (Wildman–Crippen MR) is 101 cm³/mol. The Kier molecular flexibility index (Phi) is 6.37. The summed E-state index contributed by atoms with van der Waals surface area (Å²) in [7, 11) is 0. The number of ether oxygens (including phenoxy) is 1. The van der Waals surface area contributed by atoms with Gasteiger partial charge in [-0.1, -0.05) is 29.8 Å². The highest BCUT2D eigenvalue weighted by atomic mass is 16.5. The van der Waals surface area contributed by atoms with E-state index in [1.54, 1.807) is 0 Å². The number of nitriles is 1. The van der Waals surface area contributed by atoms with Crippen molar-refractivity contribution in [3.8, 4) is 11.9 Å². The van der Waals surface area contributed by atoms with Crippen LogP contribution >= 0.6 is 0 Å². The van der Waals surface area contributed by atoms with Crippen molar-refractivity contribution in [3.05, 3.63) is 53.5 Å². The first kappa shape index (κ1) is 18.8. The van der Waals surface area contributed by atoms with Crippen LogP contribution in [-0.2, 0) is 11.2 Å². The van der Waals surface area contributed by atoms with Gasteiger partial charge in [0.15, 0.2) is 0 Å². The fourth-order valence-electron chi connectivity index (χ4n) is 3.40. The van der Waals surface area contributed by atoms with Gasteiger partial charge in [-0.05, 0) is 44.6 Å². The lowest BCUT2D eigenvalue weighted by molar-refractivity contribution is -0.122. The number of benzene rings is 1. The lowest BCUT2D eigenvalue weighted by atomic mass is 9.92. The molecule has 1 heterocycles. The van der Waals surface area contributed by atoms with Crippen molar-refractivity contribution < 1.29 is 9.53 Å². The van der Waals surface area contributed by atoms with Gasteiger partial charge in [-0.25, -0.2) is 9.97 Å². The summed E-state index contributed by atoms with van der Waals surface area (Å²) in [6, 6.07) is 10.5. The third kappa shape index (κ3) is 5.52. The fourth-order valence-corrected chi connectivity index (χ4v) is 3.40. The minimum atomic E-state index is 0.00856. The summed E-state index contributed by atoms with van der Waals surface area (Å²) < 4.78 is 5.84. The number of hydrogen-bond donors (Lipinski definition) is 1. The third-order valence-electron chi connectivity index (χ3n) is 4.81. The van der Waals surface area contributed by atoms with Crippen LogP contribution in [0.5, 0.6) is 5.88 Å². The van der Waals surface area contributed by atoms with Crippen LogP contribution in [0.3, 0.4) is 0 Å². The third-order valence-corrected chi connectivity index (χ3v) is 4.81. The average molecular weight is 364 g/mol. The molecule has 0 atom stereocenters. The van der Waals surface area contributed by atoms with E-state index in [1.165, 1.54) is 23.5 Å². The molecule has 0 unspecified atom stereocenters. The average Bonchev–Trinajstić information content (AvgIpc) is 2.68. The fraction of sp³-hybridized carbons (Fsp3) is 0.429. The molecule has 1 aliphatic carbocycles. The first-order valence-electron chi connectivity index (χ1n) is 9.36. The Labute approximate surface area is 159 Å². The molecule has 1 aromatic heterocycles. The quantitative estimate of drug-likeness (QED) is 0.851. The summed E-state index contributed by atoms with van der Waals surface area (Å²) >= 11 is 0. The highest BCUT2D eigenvalue weighted by molar-refractivity contribution is 5.76. The van der Waals surface area contributed by atoms with E-state index in [-0.39, 0.29) is 23.7 Å². The van der Waals surface area contributed by atoms with E-state index in [0.717, 1.165) is 32.1 Å². The Hall–Kier alpha value is -2.94. The van der Waals surface area contributed by atoms with Crippen LogP contribution in [0.15, 0.2) is 36.7 Å². The lowest BCUT2D eigenvalue weighted by Gasteiger charge is -2.29. The molecule has 140 valence electrons. The molecule has 0 aliphatic heterocycles. The van der Waals surface area contributed by atoms with Crippen molar-refractivity contribution in [1.29, 1.82) is 5.26 Å². The van der Waals surface area contributed by atoms with Gasteiger partial charge < -0.3 is 10.1 Å².